The fourth-order valence-corrected chi connectivity index (χ4v) is 3.23. The van der Waals surface area contributed by atoms with E-state index in [2.05, 4.69) is 15.3 Å². The molecule has 1 aromatic carbocycles. The van der Waals surface area contributed by atoms with E-state index in [-0.39, 0.29) is 11.3 Å². The van der Waals surface area contributed by atoms with Crippen LogP contribution in [0.25, 0.3) is 10.4 Å². The first-order valence-electron chi connectivity index (χ1n) is 7.14. The minimum atomic E-state index is -0.595. The molecule has 0 spiro atoms. The highest BCUT2D eigenvalue weighted by Crippen LogP contribution is 2.35. The number of hydrogen-bond donors (Lipinski definition) is 2. The molecule has 2 aromatic heterocycles. The predicted octanol–water partition coefficient (Wildman–Crippen LogP) is 2.86. The number of benzene rings is 1. The number of rotatable bonds is 4. The highest BCUT2D eigenvalue weighted by molar-refractivity contribution is 7.20. The van der Waals surface area contributed by atoms with Gasteiger partial charge in [0.1, 0.15) is 16.5 Å². The van der Waals surface area contributed by atoms with Gasteiger partial charge in [-0.15, -0.1) is 11.3 Å². The SMILES string of the molecule is Cc1nccc(C(=O)Nc2sc(-c3ccccc3)cc2C(N)=O)n1. The molecule has 0 aliphatic carbocycles. The van der Waals surface area contributed by atoms with E-state index >= 15 is 0 Å². The molecule has 24 heavy (non-hydrogen) atoms. The molecule has 0 saturated heterocycles. The third-order valence-electron chi connectivity index (χ3n) is 3.29. The van der Waals surface area contributed by atoms with Gasteiger partial charge in [0.15, 0.2) is 0 Å². The van der Waals surface area contributed by atoms with Crippen molar-refractivity contribution in [3.05, 3.63) is 65.7 Å². The molecule has 0 fully saturated rings. The standard InChI is InChI=1S/C17H14N4O2S/c1-10-19-8-7-13(20-10)16(23)21-17-12(15(18)22)9-14(24-17)11-5-3-2-4-6-11/h2-9H,1H3,(H2,18,22)(H,21,23). The van der Waals surface area contributed by atoms with Crippen LogP contribution in [0.2, 0.25) is 0 Å². The molecule has 3 N–H and O–H groups in total. The van der Waals surface area contributed by atoms with Gasteiger partial charge >= 0.3 is 0 Å². The number of anilines is 1. The number of nitrogens with zero attached hydrogens (tertiary/aromatic N) is 2. The van der Waals surface area contributed by atoms with Gasteiger partial charge < -0.3 is 11.1 Å². The van der Waals surface area contributed by atoms with Gasteiger partial charge in [-0.3, -0.25) is 9.59 Å². The van der Waals surface area contributed by atoms with Gasteiger partial charge in [0.2, 0.25) is 0 Å². The Labute approximate surface area is 142 Å². The van der Waals surface area contributed by atoms with Crippen molar-refractivity contribution in [3.8, 4) is 10.4 Å². The minimum absolute atomic E-state index is 0.229. The van der Waals surface area contributed by atoms with Crippen LogP contribution in [0.1, 0.15) is 26.7 Å². The van der Waals surface area contributed by atoms with Crippen LogP contribution in [0.3, 0.4) is 0 Å². The quantitative estimate of drug-likeness (QED) is 0.764. The van der Waals surface area contributed by atoms with E-state index < -0.39 is 11.8 Å². The van der Waals surface area contributed by atoms with E-state index in [4.69, 9.17) is 5.73 Å². The fourth-order valence-electron chi connectivity index (χ4n) is 2.16. The number of primary amides is 1. The predicted molar refractivity (Wildman–Crippen MR) is 93.0 cm³/mol. The number of nitrogens with one attached hydrogen (secondary N) is 1. The average Bonchev–Trinajstić information content (AvgIpc) is 3.00. The Balaban J connectivity index is 1.94. The molecule has 2 amide bonds. The van der Waals surface area contributed by atoms with Gasteiger partial charge in [0, 0.05) is 11.1 Å². The third-order valence-corrected chi connectivity index (χ3v) is 4.39. The van der Waals surface area contributed by atoms with E-state index in [1.165, 1.54) is 23.6 Å². The highest BCUT2D eigenvalue weighted by atomic mass is 32.1. The summed E-state index contributed by atoms with van der Waals surface area (Å²) in [5.41, 5.74) is 6.89. The molecule has 0 atom stereocenters. The van der Waals surface area contributed by atoms with Crippen molar-refractivity contribution in [1.29, 1.82) is 0 Å². The lowest BCUT2D eigenvalue weighted by Gasteiger charge is -2.04. The summed E-state index contributed by atoms with van der Waals surface area (Å²) in [7, 11) is 0. The fraction of sp³-hybridized carbons (Fsp3) is 0.0588. The number of aromatic nitrogens is 2. The van der Waals surface area contributed by atoms with Crippen LogP contribution < -0.4 is 11.1 Å². The van der Waals surface area contributed by atoms with Gasteiger partial charge in [0.25, 0.3) is 11.8 Å². The second-order valence-electron chi connectivity index (χ2n) is 5.03. The van der Waals surface area contributed by atoms with Gasteiger partial charge in [-0.1, -0.05) is 30.3 Å². The molecule has 0 saturated carbocycles. The number of aryl methyl sites for hydroxylation is 1. The molecule has 120 valence electrons. The molecule has 6 nitrogen and oxygen atoms in total. The topological polar surface area (TPSA) is 98.0 Å². The van der Waals surface area contributed by atoms with Crippen LogP contribution in [0, 0.1) is 6.92 Å². The van der Waals surface area contributed by atoms with Gasteiger partial charge in [-0.25, -0.2) is 9.97 Å². The molecular weight excluding hydrogens is 324 g/mol. The lowest BCUT2D eigenvalue weighted by molar-refractivity contribution is 0.100. The molecule has 3 aromatic rings. The van der Waals surface area contributed by atoms with Gasteiger partial charge in [0.05, 0.1) is 5.56 Å². The molecule has 3 rings (SSSR count). The molecular formula is C17H14N4O2S. The molecule has 0 radical (unpaired) electrons. The van der Waals surface area contributed by atoms with E-state index in [1.54, 1.807) is 13.0 Å². The molecule has 7 heteroatoms. The van der Waals surface area contributed by atoms with Crippen LogP contribution in [-0.4, -0.2) is 21.8 Å². The smallest absolute Gasteiger partial charge is 0.275 e. The summed E-state index contributed by atoms with van der Waals surface area (Å²) in [6, 6.07) is 12.8. The number of nitrogens with two attached hydrogens (primary N) is 1. The average molecular weight is 338 g/mol. The first-order valence-corrected chi connectivity index (χ1v) is 7.96. The molecule has 0 aliphatic heterocycles. The van der Waals surface area contributed by atoms with Crippen LogP contribution >= 0.6 is 11.3 Å². The first kappa shape index (κ1) is 15.8. The second-order valence-corrected chi connectivity index (χ2v) is 6.08. The maximum atomic E-state index is 12.3. The van der Waals surface area contributed by atoms with Crippen molar-refractivity contribution >= 4 is 28.2 Å². The molecule has 0 aliphatic rings. The summed E-state index contributed by atoms with van der Waals surface area (Å²) in [4.78, 5) is 32.9. The zero-order chi connectivity index (χ0) is 17.1. The van der Waals surface area contributed by atoms with Crippen molar-refractivity contribution < 1.29 is 9.59 Å². The Hall–Kier alpha value is -3.06. The zero-order valence-corrected chi connectivity index (χ0v) is 13.6. The molecule has 0 unspecified atom stereocenters. The summed E-state index contributed by atoms with van der Waals surface area (Å²) in [6.07, 6.45) is 1.51. The van der Waals surface area contributed by atoms with E-state index in [0.29, 0.717) is 10.8 Å². The Morgan fingerprint density at radius 2 is 1.92 bits per heavy atom. The Morgan fingerprint density at radius 3 is 2.58 bits per heavy atom. The third kappa shape index (κ3) is 3.31. The summed E-state index contributed by atoms with van der Waals surface area (Å²) in [5, 5.41) is 3.12. The monoisotopic (exact) mass is 338 g/mol. The Kier molecular flexibility index (Phi) is 4.35. The number of amides is 2. The summed E-state index contributed by atoms with van der Waals surface area (Å²) < 4.78 is 0. The zero-order valence-electron chi connectivity index (χ0n) is 12.8. The maximum Gasteiger partial charge on any atom is 0.275 e. The van der Waals surface area contributed by atoms with Crippen molar-refractivity contribution in [1.82, 2.24) is 9.97 Å². The Morgan fingerprint density at radius 1 is 1.17 bits per heavy atom. The van der Waals surface area contributed by atoms with Crippen molar-refractivity contribution in [3.63, 3.8) is 0 Å². The lowest BCUT2D eigenvalue weighted by atomic mass is 10.1. The van der Waals surface area contributed by atoms with Crippen molar-refractivity contribution in [2.24, 2.45) is 5.73 Å². The largest absolute Gasteiger partial charge is 0.366 e. The van der Waals surface area contributed by atoms with E-state index in [1.807, 2.05) is 30.3 Å². The van der Waals surface area contributed by atoms with Crippen LogP contribution in [-0.2, 0) is 0 Å². The Bertz CT molecular complexity index is 906. The van der Waals surface area contributed by atoms with Crippen LogP contribution in [0.4, 0.5) is 5.00 Å². The maximum absolute atomic E-state index is 12.3. The lowest BCUT2D eigenvalue weighted by Crippen LogP contribution is -2.17. The number of carbonyl (C=O) groups excluding carboxylic acids is 2. The number of hydrogen-bond acceptors (Lipinski definition) is 5. The van der Waals surface area contributed by atoms with E-state index in [0.717, 1.165) is 10.4 Å². The first-order chi connectivity index (χ1) is 11.5. The van der Waals surface area contributed by atoms with Gasteiger partial charge in [-0.05, 0) is 24.6 Å². The molecule has 0 bridgehead atoms. The second kappa shape index (κ2) is 6.59. The van der Waals surface area contributed by atoms with Crippen molar-refractivity contribution in [2.75, 3.05) is 5.32 Å². The minimum Gasteiger partial charge on any atom is -0.366 e. The summed E-state index contributed by atoms with van der Waals surface area (Å²) in [6.45, 7) is 1.70. The number of carbonyl (C=O) groups is 2. The highest BCUT2D eigenvalue weighted by Gasteiger charge is 2.18. The molecule has 2 heterocycles. The normalized spacial score (nSPS) is 10.4. The summed E-state index contributed by atoms with van der Waals surface area (Å²) >= 11 is 1.29. The van der Waals surface area contributed by atoms with Gasteiger partial charge in [-0.2, -0.15) is 0 Å². The summed E-state index contributed by atoms with van der Waals surface area (Å²) in [5.74, 6) is -0.513. The van der Waals surface area contributed by atoms with Crippen LogP contribution in [0.15, 0.2) is 48.7 Å². The van der Waals surface area contributed by atoms with Crippen molar-refractivity contribution in [2.45, 2.75) is 6.92 Å². The number of thiophene rings is 1. The van der Waals surface area contributed by atoms with E-state index in [9.17, 15) is 9.59 Å². The van der Waals surface area contributed by atoms with Crippen LogP contribution in [0.5, 0.6) is 0 Å².